The lowest BCUT2D eigenvalue weighted by Crippen LogP contribution is -2.08. The van der Waals surface area contributed by atoms with Crippen molar-refractivity contribution in [1.82, 2.24) is 0 Å². The zero-order chi connectivity index (χ0) is 10.4. The van der Waals surface area contributed by atoms with Gasteiger partial charge in [-0.05, 0) is 17.4 Å². The molecular weight excluding hydrogens is 168 g/mol. The van der Waals surface area contributed by atoms with Crippen LogP contribution in [0.15, 0.2) is 30.3 Å². The average molecular weight is 190 g/mol. The second-order valence-electron chi connectivity index (χ2n) is 4.16. The highest BCUT2D eigenvalue weighted by Gasteiger charge is 2.15. The van der Waals surface area contributed by atoms with E-state index < -0.39 is 0 Å². The van der Waals surface area contributed by atoms with E-state index in [1.54, 1.807) is 0 Å². The highest BCUT2D eigenvalue weighted by molar-refractivity contribution is 5.19. The number of hydrogen-bond acceptors (Lipinski definition) is 0. The maximum absolute atomic E-state index is 2.36. The molecule has 0 saturated heterocycles. The number of hydrogen-bond donors (Lipinski definition) is 0. The second kappa shape index (κ2) is 5.85. The molecule has 0 N–H and O–H groups in total. The first-order valence-electron chi connectivity index (χ1n) is 5.84. The molecule has 1 aromatic rings. The van der Waals surface area contributed by atoms with Crippen molar-refractivity contribution in [3.63, 3.8) is 0 Å². The molecule has 0 saturated carbocycles. The highest BCUT2D eigenvalue weighted by Crippen LogP contribution is 2.29. The minimum atomic E-state index is 0.709. The molecule has 0 bridgehead atoms. The van der Waals surface area contributed by atoms with Crippen LogP contribution in [-0.4, -0.2) is 0 Å². The molecule has 0 heterocycles. The topological polar surface area (TPSA) is 0 Å². The molecule has 0 aromatic heterocycles. The van der Waals surface area contributed by atoms with E-state index in [-0.39, 0.29) is 0 Å². The number of rotatable bonds is 5. The predicted molar refractivity (Wildman–Crippen MR) is 63.5 cm³/mol. The van der Waals surface area contributed by atoms with Crippen molar-refractivity contribution in [2.24, 2.45) is 5.92 Å². The SMILES string of the molecule is CCCC(CC)[C@@H](C)c1ccccc1. The largest absolute Gasteiger partial charge is 0.0654 e. The van der Waals surface area contributed by atoms with E-state index in [1.165, 1.54) is 24.8 Å². The molecule has 0 heteroatoms. The van der Waals surface area contributed by atoms with E-state index in [9.17, 15) is 0 Å². The standard InChI is InChI=1S/C14H22/c1-4-9-13(5-2)12(3)14-10-7-6-8-11-14/h6-8,10-13H,4-5,9H2,1-3H3/t12-,13?/m1/s1. The van der Waals surface area contributed by atoms with Gasteiger partial charge in [0.25, 0.3) is 0 Å². The van der Waals surface area contributed by atoms with Crippen LogP contribution in [0.25, 0.3) is 0 Å². The first-order valence-corrected chi connectivity index (χ1v) is 5.84. The fraction of sp³-hybridized carbons (Fsp3) is 0.571. The summed E-state index contributed by atoms with van der Waals surface area (Å²) < 4.78 is 0. The van der Waals surface area contributed by atoms with Crippen molar-refractivity contribution < 1.29 is 0 Å². The maximum atomic E-state index is 2.36. The molecule has 0 fully saturated rings. The zero-order valence-corrected chi connectivity index (χ0v) is 9.66. The molecule has 2 atom stereocenters. The summed E-state index contributed by atoms with van der Waals surface area (Å²) in [4.78, 5) is 0. The molecule has 0 amide bonds. The molecule has 0 aliphatic rings. The second-order valence-corrected chi connectivity index (χ2v) is 4.16. The summed E-state index contributed by atoms with van der Waals surface area (Å²) in [7, 11) is 0. The molecular formula is C14H22. The van der Waals surface area contributed by atoms with Crippen LogP contribution >= 0.6 is 0 Å². The van der Waals surface area contributed by atoms with E-state index in [0.29, 0.717) is 5.92 Å². The van der Waals surface area contributed by atoms with Crippen molar-refractivity contribution in [3.05, 3.63) is 35.9 Å². The molecule has 1 aromatic carbocycles. The van der Waals surface area contributed by atoms with Crippen LogP contribution in [0.2, 0.25) is 0 Å². The van der Waals surface area contributed by atoms with Gasteiger partial charge in [-0.3, -0.25) is 0 Å². The van der Waals surface area contributed by atoms with Crippen LogP contribution in [-0.2, 0) is 0 Å². The van der Waals surface area contributed by atoms with E-state index >= 15 is 0 Å². The lowest BCUT2D eigenvalue weighted by molar-refractivity contribution is 0.398. The molecule has 14 heavy (non-hydrogen) atoms. The smallest absolute Gasteiger partial charge is 0.0162 e. The van der Waals surface area contributed by atoms with Crippen molar-refractivity contribution in [2.45, 2.75) is 46.0 Å². The van der Waals surface area contributed by atoms with Crippen LogP contribution in [0.4, 0.5) is 0 Å². The van der Waals surface area contributed by atoms with Crippen molar-refractivity contribution in [2.75, 3.05) is 0 Å². The van der Waals surface area contributed by atoms with Crippen molar-refractivity contribution in [3.8, 4) is 0 Å². The Hall–Kier alpha value is -0.780. The monoisotopic (exact) mass is 190 g/mol. The zero-order valence-electron chi connectivity index (χ0n) is 9.66. The minimum Gasteiger partial charge on any atom is -0.0654 e. The summed E-state index contributed by atoms with van der Waals surface area (Å²) in [6.07, 6.45) is 3.95. The molecule has 0 aliphatic heterocycles. The highest BCUT2D eigenvalue weighted by atomic mass is 14.2. The summed E-state index contributed by atoms with van der Waals surface area (Å²) in [5.41, 5.74) is 1.49. The quantitative estimate of drug-likeness (QED) is 0.635. The third kappa shape index (κ3) is 2.87. The Morgan fingerprint density at radius 1 is 1.07 bits per heavy atom. The van der Waals surface area contributed by atoms with Gasteiger partial charge in [-0.15, -0.1) is 0 Å². The molecule has 0 nitrogen and oxygen atoms in total. The van der Waals surface area contributed by atoms with Crippen molar-refractivity contribution in [1.29, 1.82) is 0 Å². The molecule has 78 valence electrons. The fourth-order valence-electron chi connectivity index (χ4n) is 2.21. The van der Waals surface area contributed by atoms with Gasteiger partial charge in [-0.25, -0.2) is 0 Å². The van der Waals surface area contributed by atoms with Crippen LogP contribution in [0.5, 0.6) is 0 Å². The van der Waals surface area contributed by atoms with Crippen molar-refractivity contribution >= 4 is 0 Å². The van der Waals surface area contributed by atoms with Gasteiger partial charge in [-0.2, -0.15) is 0 Å². The normalized spacial score (nSPS) is 15.1. The van der Waals surface area contributed by atoms with Gasteiger partial charge in [-0.1, -0.05) is 70.4 Å². The van der Waals surface area contributed by atoms with E-state index in [2.05, 4.69) is 51.1 Å². The summed E-state index contributed by atoms with van der Waals surface area (Å²) in [6.45, 7) is 6.94. The van der Waals surface area contributed by atoms with E-state index in [4.69, 9.17) is 0 Å². The van der Waals surface area contributed by atoms with Gasteiger partial charge in [0.1, 0.15) is 0 Å². The average Bonchev–Trinajstić information content (AvgIpc) is 2.26. The lowest BCUT2D eigenvalue weighted by atomic mass is 9.83. The van der Waals surface area contributed by atoms with Crippen LogP contribution in [0.1, 0.15) is 51.5 Å². The maximum Gasteiger partial charge on any atom is -0.0162 e. The summed E-state index contributed by atoms with van der Waals surface area (Å²) in [5.74, 6) is 1.56. The van der Waals surface area contributed by atoms with Crippen LogP contribution in [0, 0.1) is 5.92 Å². The van der Waals surface area contributed by atoms with Gasteiger partial charge >= 0.3 is 0 Å². The third-order valence-electron chi connectivity index (χ3n) is 3.22. The lowest BCUT2D eigenvalue weighted by Gasteiger charge is -2.22. The van der Waals surface area contributed by atoms with E-state index in [1.807, 2.05) is 0 Å². The molecule has 0 spiro atoms. The number of benzene rings is 1. The molecule has 1 rings (SSSR count). The van der Waals surface area contributed by atoms with Gasteiger partial charge < -0.3 is 0 Å². The van der Waals surface area contributed by atoms with Gasteiger partial charge in [0.15, 0.2) is 0 Å². The summed E-state index contributed by atoms with van der Waals surface area (Å²) in [5, 5.41) is 0. The molecule has 0 aliphatic carbocycles. The van der Waals surface area contributed by atoms with Crippen LogP contribution in [0.3, 0.4) is 0 Å². The van der Waals surface area contributed by atoms with Gasteiger partial charge in [0.2, 0.25) is 0 Å². The third-order valence-corrected chi connectivity index (χ3v) is 3.22. The Kier molecular flexibility index (Phi) is 4.72. The van der Waals surface area contributed by atoms with Gasteiger partial charge in [0, 0.05) is 0 Å². The Morgan fingerprint density at radius 3 is 2.21 bits per heavy atom. The summed E-state index contributed by atoms with van der Waals surface area (Å²) >= 11 is 0. The molecule has 1 unspecified atom stereocenters. The first-order chi connectivity index (χ1) is 6.79. The van der Waals surface area contributed by atoms with E-state index in [0.717, 1.165) is 5.92 Å². The Bertz CT molecular complexity index is 237. The Labute approximate surface area is 88.4 Å². The Morgan fingerprint density at radius 2 is 1.71 bits per heavy atom. The molecule has 0 radical (unpaired) electrons. The van der Waals surface area contributed by atoms with Gasteiger partial charge in [0.05, 0.1) is 0 Å². The van der Waals surface area contributed by atoms with Crippen LogP contribution < -0.4 is 0 Å². The Balaban J connectivity index is 2.67. The fourth-order valence-corrected chi connectivity index (χ4v) is 2.21. The minimum absolute atomic E-state index is 0.709. The predicted octanol–water partition coefficient (Wildman–Crippen LogP) is 4.62. The first kappa shape index (κ1) is 11.3. The summed E-state index contributed by atoms with van der Waals surface area (Å²) in [6, 6.07) is 10.9.